The van der Waals surface area contributed by atoms with E-state index < -0.39 is 40.3 Å². The number of ether oxygens (including phenoxy) is 4. The molecule has 0 radical (unpaired) electrons. The third-order valence-electron chi connectivity index (χ3n) is 6.56. The molecule has 11 heteroatoms. The van der Waals surface area contributed by atoms with Crippen LogP contribution in [0.15, 0.2) is 45.6 Å². The molecule has 0 bridgehead atoms. The van der Waals surface area contributed by atoms with Crippen molar-refractivity contribution < 1.29 is 48.6 Å². The van der Waals surface area contributed by atoms with Gasteiger partial charge in [-0.25, -0.2) is 0 Å². The first-order valence-electron chi connectivity index (χ1n) is 11.5. The number of rotatable bonds is 3. The second-order valence-electron chi connectivity index (χ2n) is 8.80. The Morgan fingerprint density at radius 2 is 1.68 bits per heavy atom. The number of fused-ring (bicyclic) bond motifs is 4. The minimum atomic E-state index is -0.940. The van der Waals surface area contributed by atoms with Crippen LogP contribution >= 0.6 is 0 Å². The molecule has 1 aromatic heterocycles. The van der Waals surface area contributed by atoms with Gasteiger partial charge in [0.1, 0.15) is 35.7 Å². The fraction of sp³-hybridized carbons (Fsp3) is 0.185. The summed E-state index contributed by atoms with van der Waals surface area (Å²) in [6, 6.07) is 8.10. The molecule has 2 aliphatic rings. The maximum absolute atomic E-state index is 13.2. The maximum Gasteiger partial charge on any atom is 0.312 e. The second-order valence-corrected chi connectivity index (χ2v) is 8.80. The Morgan fingerprint density at radius 1 is 0.895 bits per heavy atom. The van der Waals surface area contributed by atoms with Gasteiger partial charge in [-0.05, 0) is 35.9 Å². The van der Waals surface area contributed by atoms with Crippen LogP contribution in [0.25, 0.3) is 22.3 Å². The van der Waals surface area contributed by atoms with Gasteiger partial charge in [0.2, 0.25) is 16.9 Å². The van der Waals surface area contributed by atoms with Gasteiger partial charge in [-0.2, -0.15) is 0 Å². The largest absolute Gasteiger partial charge is 0.507 e. The van der Waals surface area contributed by atoms with E-state index in [4.69, 9.17) is 23.4 Å². The van der Waals surface area contributed by atoms with E-state index in [2.05, 4.69) is 0 Å². The third kappa shape index (κ3) is 3.51. The summed E-state index contributed by atoms with van der Waals surface area (Å²) in [5, 5.41) is 40.6. The molecule has 0 spiro atoms. The number of phenolic OH excluding ortho intramolecular Hbond substituents is 3. The van der Waals surface area contributed by atoms with E-state index >= 15 is 0 Å². The van der Waals surface area contributed by atoms with Gasteiger partial charge in [-0.1, -0.05) is 0 Å². The molecule has 0 aliphatic carbocycles. The fourth-order valence-corrected chi connectivity index (χ4v) is 4.82. The van der Waals surface area contributed by atoms with Gasteiger partial charge in [0, 0.05) is 23.1 Å². The predicted molar refractivity (Wildman–Crippen MR) is 131 cm³/mol. The third-order valence-corrected chi connectivity index (χ3v) is 6.56. The summed E-state index contributed by atoms with van der Waals surface area (Å²) < 4.78 is 28.3. The zero-order valence-electron chi connectivity index (χ0n) is 19.8. The molecular weight excluding hydrogens is 500 g/mol. The molecule has 11 nitrogen and oxygen atoms in total. The minimum absolute atomic E-state index is 0.0292. The first kappa shape index (κ1) is 23.3. The maximum atomic E-state index is 13.2. The standard InChI is InChI=1S/C27H20O11/c1-34-18-7-12(8-19-26(18)36-5-4-35-19)13-9-20(31)37-17-10-16(30)22-23(32)24(33)25(38-27(22)21(13)17)11-2-3-14(28)15(29)6-11/h2-3,6-8,10,13,28-30,33H,4-5,9H2,1H3/t13-/m0/s1. The van der Waals surface area contributed by atoms with Crippen LogP contribution in [0.3, 0.4) is 0 Å². The highest BCUT2D eigenvalue weighted by Gasteiger charge is 2.36. The van der Waals surface area contributed by atoms with E-state index in [1.165, 1.54) is 13.2 Å². The highest BCUT2D eigenvalue weighted by molar-refractivity contribution is 5.94. The molecule has 0 saturated heterocycles. The molecule has 38 heavy (non-hydrogen) atoms. The molecule has 4 N–H and O–H groups in total. The van der Waals surface area contributed by atoms with Gasteiger partial charge in [0.25, 0.3) is 0 Å². The van der Waals surface area contributed by atoms with E-state index in [0.29, 0.717) is 36.0 Å². The summed E-state index contributed by atoms with van der Waals surface area (Å²) in [5.74, 6) is -2.74. The van der Waals surface area contributed by atoms with E-state index in [0.717, 1.165) is 18.2 Å². The molecule has 3 aromatic carbocycles. The minimum Gasteiger partial charge on any atom is -0.507 e. The van der Waals surface area contributed by atoms with Gasteiger partial charge in [0.05, 0.1) is 13.5 Å². The summed E-state index contributed by atoms with van der Waals surface area (Å²) in [6.45, 7) is 0.659. The van der Waals surface area contributed by atoms with Crippen LogP contribution in [-0.2, 0) is 4.79 Å². The molecular formula is C27H20O11. The summed E-state index contributed by atoms with van der Waals surface area (Å²) in [7, 11) is 1.47. The number of carbonyl (C=O) groups excluding carboxylic acids is 1. The Labute approximate surface area is 213 Å². The average molecular weight is 520 g/mol. The van der Waals surface area contributed by atoms with Gasteiger partial charge in [-0.15, -0.1) is 0 Å². The molecule has 0 unspecified atom stereocenters. The van der Waals surface area contributed by atoms with Gasteiger partial charge < -0.3 is 43.8 Å². The van der Waals surface area contributed by atoms with Crippen LogP contribution < -0.4 is 24.4 Å². The fourth-order valence-electron chi connectivity index (χ4n) is 4.82. The van der Waals surface area contributed by atoms with E-state index in [9.17, 15) is 30.0 Å². The Morgan fingerprint density at radius 3 is 2.45 bits per heavy atom. The lowest BCUT2D eigenvalue weighted by Gasteiger charge is -2.28. The predicted octanol–water partition coefficient (Wildman–Crippen LogP) is 3.50. The highest BCUT2D eigenvalue weighted by atomic mass is 16.6. The van der Waals surface area contributed by atoms with E-state index in [1.54, 1.807) is 12.1 Å². The van der Waals surface area contributed by atoms with Crippen molar-refractivity contribution in [2.45, 2.75) is 12.3 Å². The van der Waals surface area contributed by atoms with Crippen molar-refractivity contribution in [1.82, 2.24) is 0 Å². The first-order chi connectivity index (χ1) is 18.3. The van der Waals surface area contributed by atoms with Crippen LogP contribution in [0.5, 0.6) is 46.0 Å². The Hall–Kier alpha value is -5.06. The Kier molecular flexibility index (Phi) is 5.23. The highest BCUT2D eigenvalue weighted by Crippen LogP contribution is 2.50. The zero-order valence-corrected chi connectivity index (χ0v) is 19.8. The summed E-state index contributed by atoms with van der Waals surface area (Å²) in [6.07, 6.45) is -0.143. The Bertz CT molecular complexity index is 1690. The molecule has 0 amide bonds. The summed E-state index contributed by atoms with van der Waals surface area (Å²) >= 11 is 0. The van der Waals surface area contributed by atoms with Crippen molar-refractivity contribution in [3.05, 3.63) is 57.7 Å². The van der Waals surface area contributed by atoms with E-state index in [1.807, 2.05) is 0 Å². The van der Waals surface area contributed by atoms with Crippen LogP contribution in [0, 0.1) is 0 Å². The number of esters is 1. The molecule has 0 fully saturated rings. The number of benzene rings is 3. The number of hydrogen-bond donors (Lipinski definition) is 4. The molecule has 6 rings (SSSR count). The van der Waals surface area contributed by atoms with Gasteiger partial charge in [-0.3, -0.25) is 9.59 Å². The molecule has 2 aliphatic heterocycles. The lowest BCUT2D eigenvalue weighted by molar-refractivity contribution is -0.135. The molecule has 0 saturated carbocycles. The molecule has 4 aromatic rings. The normalized spacial score (nSPS) is 16.1. The van der Waals surface area contributed by atoms with Gasteiger partial charge >= 0.3 is 5.97 Å². The number of carbonyl (C=O) groups is 1. The lowest BCUT2D eigenvalue weighted by atomic mass is 9.84. The monoisotopic (exact) mass is 520 g/mol. The molecule has 194 valence electrons. The van der Waals surface area contributed by atoms with Gasteiger partial charge in [0.15, 0.2) is 28.8 Å². The number of phenols is 3. The summed E-state index contributed by atoms with van der Waals surface area (Å²) in [5.41, 5.74) is -0.145. The quantitative estimate of drug-likeness (QED) is 0.177. The van der Waals surface area contributed by atoms with Crippen molar-refractivity contribution in [3.63, 3.8) is 0 Å². The Balaban J connectivity index is 1.64. The summed E-state index contributed by atoms with van der Waals surface area (Å²) in [4.78, 5) is 25.8. The van der Waals surface area contributed by atoms with Crippen molar-refractivity contribution in [2.75, 3.05) is 20.3 Å². The molecule has 3 heterocycles. The van der Waals surface area contributed by atoms with Crippen LogP contribution in [-0.4, -0.2) is 46.7 Å². The topological polar surface area (TPSA) is 165 Å². The van der Waals surface area contributed by atoms with E-state index in [-0.39, 0.29) is 40.0 Å². The van der Waals surface area contributed by atoms with Crippen LogP contribution in [0.2, 0.25) is 0 Å². The van der Waals surface area contributed by atoms with Crippen molar-refractivity contribution >= 4 is 16.9 Å². The number of hydrogen-bond acceptors (Lipinski definition) is 11. The lowest BCUT2D eigenvalue weighted by Crippen LogP contribution is -2.22. The zero-order chi connectivity index (χ0) is 26.7. The van der Waals surface area contributed by atoms with Crippen molar-refractivity contribution in [2.24, 2.45) is 0 Å². The van der Waals surface area contributed by atoms with Crippen molar-refractivity contribution in [1.29, 1.82) is 0 Å². The average Bonchev–Trinajstić information content (AvgIpc) is 2.90. The first-order valence-corrected chi connectivity index (χ1v) is 11.5. The van der Waals surface area contributed by atoms with Crippen molar-refractivity contribution in [3.8, 4) is 57.3 Å². The smallest absolute Gasteiger partial charge is 0.312 e. The second kappa shape index (κ2) is 8.51. The van der Waals surface area contributed by atoms with Crippen LogP contribution in [0.1, 0.15) is 23.5 Å². The number of methoxy groups -OCH3 is 1. The SMILES string of the molecule is COc1cc([C@@H]2CC(=O)Oc3cc(O)c4c(=O)c(O)c(-c5ccc(O)c(O)c5)oc4c32)cc2c1OCCO2. The molecule has 1 atom stereocenters. The van der Waals surface area contributed by atoms with Crippen LogP contribution in [0.4, 0.5) is 0 Å². The number of aromatic hydroxyl groups is 4.